The molecule has 0 radical (unpaired) electrons. The van der Waals surface area contributed by atoms with E-state index in [1.54, 1.807) is 36.2 Å². The van der Waals surface area contributed by atoms with Crippen LogP contribution >= 0.6 is 11.6 Å². The molecule has 0 aromatic heterocycles. The number of benzene rings is 1. The van der Waals surface area contributed by atoms with E-state index in [0.717, 1.165) is 6.54 Å². The number of hydrogen-bond donors (Lipinski definition) is 1. The second-order valence-electron chi connectivity index (χ2n) is 3.34. The molecule has 82 valence electrons. The lowest BCUT2D eigenvalue weighted by atomic mass is 10.2. The highest BCUT2D eigenvalue weighted by atomic mass is 35.5. The van der Waals surface area contributed by atoms with Crippen LogP contribution in [0.2, 0.25) is 5.02 Å². The van der Waals surface area contributed by atoms with Crippen molar-refractivity contribution < 1.29 is 4.79 Å². The minimum Gasteiger partial charge on any atom is -0.340 e. The molecule has 1 aromatic carbocycles. The Morgan fingerprint density at radius 1 is 1.53 bits per heavy atom. The molecule has 0 aliphatic carbocycles. The van der Waals surface area contributed by atoms with Crippen molar-refractivity contribution in [2.24, 2.45) is 0 Å². The summed E-state index contributed by atoms with van der Waals surface area (Å²) in [5.41, 5.74) is 0.626. The standard InChI is InChI=1S/C11H15ClN2O/c1-13-6-7-14(2)11(15)9-4-3-5-10(12)8-9/h3-5,8,13H,6-7H2,1-2H3. The maximum absolute atomic E-state index is 11.8. The fourth-order valence-corrected chi connectivity index (χ4v) is 1.41. The number of halogens is 1. The van der Waals surface area contributed by atoms with Gasteiger partial charge in [-0.25, -0.2) is 0 Å². The Morgan fingerprint density at radius 3 is 2.87 bits per heavy atom. The Kier molecular flexibility index (Phi) is 4.59. The monoisotopic (exact) mass is 226 g/mol. The van der Waals surface area contributed by atoms with Gasteiger partial charge >= 0.3 is 0 Å². The first-order valence-corrected chi connectivity index (χ1v) is 5.18. The Morgan fingerprint density at radius 2 is 2.27 bits per heavy atom. The predicted octanol–water partition coefficient (Wildman–Crippen LogP) is 1.63. The van der Waals surface area contributed by atoms with Crippen molar-refractivity contribution in [2.75, 3.05) is 27.2 Å². The third kappa shape index (κ3) is 3.53. The van der Waals surface area contributed by atoms with Gasteiger partial charge in [-0.2, -0.15) is 0 Å². The minimum atomic E-state index is -0.00671. The van der Waals surface area contributed by atoms with Gasteiger partial charge in [-0.15, -0.1) is 0 Å². The van der Waals surface area contributed by atoms with Gasteiger partial charge in [0.05, 0.1) is 0 Å². The van der Waals surface area contributed by atoms with Crippen LogP contribution in [-0.4, -0.2) is 38.0 Å². The maximum Gasteiger partial charge on any atom is 0.253 e. The predicted molar refractivity (Wildman–Crippen MR) is 62.3 cm³/mol. The highest BCUT2D eigenvalue weighted by molar-refractivity contribution is 6.30. The zero-order chi connectivity index (χ0) is 11.3. The van der Waals surface area contributed by atoms with Crippen LogP contribution in [0.1, 0.15) is 10.4 Å². The van der Waals surface area contributed by atoms with Gasteiger partial charge in [-0.05, 0) is 25.2 Å². The van der Waals surface area contributed by atoms with Crippen LogP contribution in [0.5, 0.6) is 0 Å². The zero-order valence-electron chi connectivity index (χ0n) is 8.96. The van der Waals surface area contributed by atoms with E-state index in [1.165, 1.54) is 0 Å². The average Bonchev–Trinajstić information content (AvgIpc) is 2.24. The number of carbonyl (C=O) groups is 1. The van der Waals surface area contributed by atoms with Gasteiger partial charge in [-0.3, -0.25) is 4.79 Å². The summed E-state index contributed by atoms with van der Waals surface area (Å²) in [6.07, 6.45) is 0. The summed E-state index contributed by atoms with van der Waals surface area (Å²) in [5, 5.41) is 3.58. The second kappa shape index (κ2) is 5.73. The number of amides is 1. The first-order valence-electron chi connectivity index (χ1n) is 4.81. The molecule has 0 saturated carbocycles. The van der Waals surface area contributed by atoms with Crippen LogP contribution < -0.4 is 5.32 Å². The van der Waals surface area contributed by atoms with E-state index >= 15 is 0 Å². The fourth-order valence-electron chi connectivity index (χ4n) is 1.22. The third-order valence-electron chi connectivity index (χ3n) is 2.12. The van der Waals surface area contributed by atoms with Crippen molar-refractivity contribution in [3.05, 3.63) is 34.9 Å². The van der Waals surface area contributed by atoms with E-state index in [2.05, 4.69) is 5.32 Å². The number of rotatable bonds is 4. The molecule has 0 aliphatic rings. The summed E-state index contributed by atoms with van der Waals surface area (Å²) in [4.78, 5) is 13.5. The van der Waals surface area contributed by atoms with Crippen LogP contribution in [0.3, 0.4) is 0 Å². The van der Waals surface area contributed by atoms with Gasteiger partial charge < -0.3 is 10.2 Å². The SMILES string of the molecule is CNCCN(C)C(=O)c1cccc(Cl)c1. The molecule has 1 amide bonds. The number of nitrogens with one attached hydrogen (secondary N) is 1. The van der Waals surface area contributed by atoms with Gasteiger partial charge in [0.25, 0.3) is 5.91 Å². The summed E-state index contributed by atoms with van der Waals surface area (Å²) in [5.74, 6) is -0.00671. The van der Waals surface area contributed by atoms with Gasteiger partial charge in [0.1, 0.15) is 0 Å². The normalized spacial score (nSPS) is 10.1. The summed E-state index contributed by atoms with van der Waals surface area (Å²) in [6.45, 7) is 1.46. The lowest BCUT2D eigenvalue weighted by molar-refractivity contribution is 0.0797. The summed E-state index contributed by atoms with van der Waals surface area (Å²) >= 11 is 5.81. The topological polar surface area (TPSA) is 32.3 Å². The number of carbonyl (C=O) groups excluding carboxylic acids is 1. The van der Waals surface area contributed by atoms with Crippen LogP contribution in [-0.2, 0) is 0 Å². The Labute approximate surface area is 95.0 Å². The smallest absolute Gasteiger partial charge is 0.253 e. The van der Waals surface area contributed by atoms with Crippen molar-refractivity contribution in [2.45, 2.75) is 0 Å². The Hall–Kier alpha value is -1.06. The zero-order valence-corrected chi connectivity index (χ0v) is 9.71. The van der Waals surface area contributed by atoms with Crippen LogP contribution in [0.15, 0.2) is 24.3 Å². The highest BCUT2D eigenvalue weighted by Gasteiger charge is 2.10. The van der Waals surface area contributed by atoms with E-state index in [1.807, 2.05) is 7.05 Å². The Bertz CT molecular complexity index is 341. The lowest BCUT2D eigenvalue weighted by Gasteiger charge is -2.16. The first kappa shape index (κ1) is 12.0. The molecule has 0 aliphatic heterocycles. The van der Waals surface area contributed by atoms with Gasteiger partial charge in [-0.1, -0.05) is 17.7 Å². The van der Waals surface area contributed by atoms with Gasteiger partial charge in [0, 0.05) is 30.7 Å². The van der Waals surface area contributed by atoms with E-state index < -0.39 is 0 Å². The van der Waals surface area contributed by atoms with Gasteiger partial charge in [0.2, 0.25) is 0 Å². The van der Waals surface area contributed by atoms with Crippen LogP contribution in [0, 0.1) is 0 Å². The largest absolute Gasteiger partial charge is 0.340 e. The summed E-state index contributed by atoms with van der Waals surface area (Å²) < 4.78 is 0. The summed E-state index contributed by atoms with van der Waals surface area (Å²) in [7, 11) is 3.64. The van der Waals surface area contributed by atoms with E-state index in [-0.39, 0.29) is 5.91 Å². The van der Waals surface area contributed by atoms with Gasteiger partial charge in [0.15, 0.2) is 0 Å². The molecule has 15 heavy (non-hydrogen) atoms. The van der Waals surface area contributed by atoms with E-state index in [4.69, 9.17) is 11.6 Å². The number of nitrogens with zero attached hydrogens (tertiary/aromatic N) is 1. The molecule has 0 heterocycles. The third-order valence-corrected chi connectivity index (χ3v) is 2.35. The number of likely N-dealkylation sites (N-methyl/N-ethyl adjacent to an activating group) is 2. The molecule has 1 N–H and O–H groups in total. The molecule has 0 bridgehead atoms. The molecule has 0 saturated heterocycles. The molecule has 1 rings (SSSR count). The molecular formula is C11H15ClN2O. The van der Waals surface area contributed by atoms with Crippen LogP contribution in [0.4, 0.5) is 0 Å². The first-order chi connectivity index (χ1) is 7.15. The molecule has 1 aromatic rings. The average molecular weight is 227 g/mol. The molecule has 0 unspecified atom stereocenters. The lowest BCUT2D eigenvalue weighted by Crippen LogP contribution is -2.32. The quantitative estimate of drug-likeness (QED) is 0.847. The maximum atomic E-state index is 11.8. The van der Waals surface area contributed by atoms with E-state index in [0.29, 0.717) is 17.1 Å². The molecule has 4 heteroatoms. The highest BCUT2D eigenvalue weighted by Crippen LogP contribution is 2.11. The minimum absolute atomic E-state index is 0.00671. The second-order valence-corrected chi connectivity index (χ2v) is 3.78. The molecule has 0 spiro atoms. The molecule has 0 fully saturated rings. The molecule has 3 nitrogen and oxygen atoms in total. The summed E-state index contributed by atoms with van der Waals surface area (Å²) in [6, 6.07) is 6.98. The van der Waals surface area contributed by atoms with Crippen molar-refractivity contribution in [1.29, 1.82) is 0 Å². The van der Waals surface area contributed by atoms with Crippen molar-refractivity contribution in [3.8, 4) is 0 Å². The van der Waals surface area contributed by atoms with Crippen LogP contribution in [0.25, 0.3) is 0 Å². The van der Waals surface area contributed by atoms with E-state index in [9.17, 15) is 4.79 Å². The Balaban J connectivity index is 2.67. The molecule has 0 atom stereocenters. The molecular weight excluding hydrogens is 212 g/mol. The fraction of sp³-hybridized carbons (Fsp3) is 0.364. The van der Waals surface area contributed by atoms with Crippen molar-refractivity contribution in [3.63, 3.8) is 0 Å². The van der Waals surface area contributed by atoms with Crippen molar-refractivity contribution >= 4 is 17.5 Å². The number of hydrogen-bond acceptors (Lipinski definition) is 2. The van der Waals surface area contributed by atoms with Crippen molar-refractivity contribution in [1.82, 2.24) is 10.2 Å².